The summed E-state index contributed by atoms with van der Waals surface area (Å²) < 4.78 is 0. The predicted octanol–water partition coefficient (Wildman–Crippen LogP) is 2.54. The zero-order valence-electron chi connectivity index (χ0n) is 13.8. The maximum atomic E-state index is 4.44. The summed E-state index contributed by atoms with van der Waals surface area (Å²) in [6.45, 7) is 2.81. The Morgan fingerprint density at radius 3 is 2.86 bits per heavy atom. The number of aromatic nitrogens is 3. The Morgan fingerprint density at radius 2 is 2.09 bits per heavy atom. The first-order valence-electron chi connectivity index (χ1n) is 8.24. The van der Waals surface area contributed by atoms with E-state index in [4.69, 9.17) is 0 Å². The van der Waals surface area contributed by atoms with E-state index in [0.29, 0.717) is 5.95 Å². The van der Waals surface area contributed by atoms with Crippen molar-refractivity contribution in [1.82, 2.24) is 20.1 Å². The third-order valence-electron chi connectivity index (χ3n) is 3.76. The Kier molecular flexibility index (Phi) is 7.09. The van der Waals surface area contributed by atoms with Crippen molar-refractivity contribution in [2.45, 2.75) is 38.5 Å². The Morgan fingerprint density at radius 1 is 1.18 bits per heavy atom. The molecule has 0 fully saturated rings. The molecule has 0 bridgehead atoms. The van der Waals surface area contributed by atoms with Gasteiger partial charge in [0.1, 0.15) is 0 Å². The summed E-state index contributed by atoms with van der Waals surface area (Å²) >= 11 is 0. The van der Waals surface area contributed by atoms with E-state index in [1.807, 2.05) is 0 Å². The van der Waals surface area contributed by atoms with Gasteiger partial charge in [-0.1, -0.05) is 11.6 Å². The lowest BCUT2D eigenvalue weighted by molar-refractivity contribution is 0.405. The van der Waals surface area contributed by atoms with Gasteiger partial charge in [-0.25, -0.2) is 0 Å². The van der Waals surface area contributed by atoms with Gasteiger partial charge in [-0.05, 0) is 59.2 Å². The van der Waals surface area contributed by atoms with Crippen LogP contribution in [0.2, 0.25) is 0 Å². The van der Waals surface area contributed by atoms with Crippen LogP contribution in [0.25, 0.3) is 0 Å². The van der Waals surface area contributed by atoms with Crippen molar-refractivity contribution in [3.05, 3.63) is 17.8 Å². The van der Waals surface area contributed by atoms with Crippen LogP contribution < -0.4 is 10.6 Å². The Balaban J connectivity index is 1.70. The third kappa shape index (κ3) is 6.39. The molecule has 0 amide bonds. The monoisotopic (exact) mass is 304 g/mol. The van der Waals surface area contributed by atoms with E-state index < -0.39 is 0 Å². The van der Waals surface area contributed by atoms with Gasteiger partial charge in [-0.15, -0.1) is 5.10 Å². The van der Waals surface area contributed by atoms with Gasteiger partial charge >= 0.3 is 0 Å². The highest BCUT2D eigenvalue weighted by Crippen LogP contribution is 2.19. The highest BCUT2D eigenvalue weighted by atomic mass is 15.3. The van der Waals surface area contributed by atoms with Crippen LogP contribution in [0.1, 0.15) is 38.5 Å². The minimum Gasteiger partial charge on any atom is -0.368 e. The number of rotatable bonds is 9. The lowest BCUT2D eigenvalue weighted by atomic mass is 9.97. The lowest BCUT2D eigenvalue weighted by Crippen LogP contribution is -2.17. The molecule has 1 aliphatic rings. The molecule has 6 nitrogen and oxygen atoms in total. The molecule has 1 aromatic rings. The number of allylic oxidation sites excluding steroid dienone is 1. The topological polar surface area (TPSA) is 66.0 Å². The number of hydrogen-bond acceptors (Lipinski definition) is 6. The summed E-state index contributed by atoms with van der Waals surface area (Å²) in [7, 11) is 4.15. The fraction of sp³-hybridized carbons (Fsp3) is 0.688. The molecule has 0 saturated carbocycles. The first kappa shape index (κ1) is 16.7. The second-order valence-electron chi connectivity index (χ2n) is 6.03. The molecule has 0 radical (unpaired) electrons. The molecule has 0 spiro atoms. The third-order valence-corrected chi connectivity index (χ3v) is 3.76. The van der Waals surface area contributed by atoms with Gasteiger partial charge in [-0.2, -0.15) is 10.1 Å². The summed E-state index contributed by atoms with van der Waals surface area (Å²) in [6.07, 6.45) is 11.4. The summed E-state index contributed by atoms with van der Waals surface area (Å²) in [6, 6.07) is 0. The number of nitrogens with one attached hydrogen (secondary N) is 2. The molecule has 1 heterocycles. The molecule has 6 heteroatoms. The molecule has 0 aliphatic heterocycles. The quantitative estimate of drug-likeness (QED) is 0.540. The zero-order chi connectivity index (χ0) is 15.6. The second kappa shape index (κ2) is 9.35. The first-order valence-corrected chi connectivity index (χ1v) is 8.24. The molecule has 2 rings (SSSR count). The van der Waals surface area contributed by atoms with Gasteiger partial charge in [-0.3, -0.25) is 0 Å². The Hall–Kier alpha value is -1.69. The highest BCUT2D eigenvalue weighted by molar-refractivity contribution is 5.37. The van der Waals surface area contributed by atoms with Crippen LogP contribution in [0.3, 0.4) is 0 Å². The summed E-state index contributed by atoms with van der Waals surface area (Å²) in [5, 5.41) is 14.6. The van der Waals surface area contributed by atoms with Crippen molar-refractivity contribution >= 4 is 11.8 Å². The normalized spacial score (nSPS) is 14.8. The largest absolute Gasteiger partial charge is 0.368 e. The van der Waals surface area contributed by atoms with Crippen LogP contribution in [0.5, 0.6) is 0 Å². The van der Waals surface area contributed by atoms with Crippen LogP contribution in [-0.4, -0.2) is 53.8 Å². The van der Waals surface area contributed by atoms with Crippen molar-refractivity contribution in [2.75, 3.05) is 44.4 Å². The second-order valence-corrected chi connectivity index (χ2v) is 6.03. The van der Waals surface area contributed by atoms with Crippen molar-refractivity contribution in [3.63, 3.8) is 0 Å². The van der Waals surface area contributed by atoms with E-state index >= 15 is 0 Å². The molecule has 0 unspecified atom stereocenters. The van der Waals surface area contributed by atoms with Crippen LogP contribution in [0.15, 0.2) is 17.8 Å². The SMILES string of the molecule is CN(C)CCCNc1nncc(NCCC2=CCCCC2)n1. The van der Waals surface area contributed by atoms with Crippen molar-refractivity contribution in [2.24, 2.45) is 0 Å². The molecule has 0 aromatic carbocycles. The zero-order valence-corrected chi connectivity index (χ0v) is 13.8. The molecular formula is C16H28N6. The fourth-order valence-electron chi connectivity index (χ4n) is 2.54. The van der Waals surface area contributed by atoms with E-state index in [0.717, 1.165) is 38.3 Å². The summed E-state index contributed by atoms with van der Waals surface area (Å²) in [4.78, 5) is 6.61. The van der Waals surface area contributed by atoms with Gasteiger partial charge in [0.25, 0.3) is 0 Å². The van der Waals surface area contributed by atoms with E-state index in [-0.39, 0.29) is 0 Å². The van der Waals surface area contributed by atoms with Crippen LogP contribution >= 0.6 is 0 Å². The Bertz CT molecular complexity index is 471. The van der Waals surface area contributed by atoms with E-state index in [1.54, 1.807) is 11.8 Å². The van der Waals surface area contributed by atoms with E-state index in [9.17, 15) is 0 Å². The molecule has 1 aliphatic carbocycles. The Labute approximate surface area is 133 Å². The molecule has 2 N–H and O–H groups in total. The summed E-state index contributed by atoms with van der Waals surface area (Å²) in [5.74, 6) is 1.39. The van der Waals surface area contributed by atoms with Crippen molar-refractivity contribution in [3.8, 4) is 0 Å². The standard InChI is InChI=1S/C16H28N6/c1-22(2)12-6-10-18-16-20-15(13-19-21-16)17-11-9-14-7-4-3-5-8-14/h7,13H,3-6,8-12H2,1-2H3,(H2,17,18,20,21). The minimum atomic E-state index is 0.598. The molecule has 22 heavy (non-hydrogen) atoms. The van der Waals surface area contributed by atoms with E-state index in [2.05, 4.69) is 50.9 Å². The first-order chi connectivity index (χ1) is 10.7. The fourth-order valence-corrected chi connectivity index (χ4v) is 2.54. The average molecular weight is 304 g/mol. The molecule has 1 aromatic heterocycles. The molecule has 0 saturated heterocycles. The molecule has 122 valence electrons. The lowest BCUT2D eigenvalue weighted by Gasteiger charge is -2.13. The van der Waals surface area contributed by atoms with Crippen LogP contribution in [0.4, 0.5) is 11.8 Å². The average Bonchev–Trinajstić information content (AvgIpc) is 2.53. The van der Waals surface area contributed by atoms with Gasteiger partial charge in [0.05, 0.1) is 6.20 Å². The van der Waals surface area contributed by atoms with Crippen LogP contribution in [0, 0.1) is 0 Å². The van der Waals surface area contributed by atoms with Crippen molar-refractivity contribution < 1.29 is 0 Å². The van der Waals surface area contributed by atoms with E-state index in [1.165, 1.54) is 25.7 Å². The van der Waals surface area contributed by atoms with Crippen LogP contribution in [-0.2, 0) is 0 Å². The van der Waals surface area contributed by atoms with Gasteiger partial charge in [0, 0.05) is 13.1 Å². The predicted molar refractivity (Wildman–Crippen MR) is 91.1 cm³/mol. The smallest absolute Gasteiger partial charge is 0.244 e. The van der Waals surface area contributed by atoms with Gasteiger partial charge < -0.3 is 15.5 Å². The number of anilines is 2. The minimum absolute atomic E-state index is 0.598. The van der Waals surface area contributed by atoms with Crippen molar-refractivity contribution in [1.29, 1.82) is 0 Å². The molecule has 0 atom stereocenters. The summed E-state index contributed by atoms with van der Waals surface area (Å²) in [5.41, 5.74) is 1.57. The maximum absolute atomic E-state index is 4.44. The highest BCUT2D eigenvalue weighted by Gasteiger charge is 2.04. The number of nitrogens with zero attached hydrogens (tertiary/aromatic N) is 4. The van der Waals surface area contributed by atoms with Gasteiger partial charge in [0.15, 0.2) is 5.82 Å². The maximum Gasteiger partial charge on any atom is 0.244 e. The number of hydrogen-bond donors (Lipinski definition) is 2. The molecular weight excluding hydrogens is 276 g/mol. The van der Waals surface area contributed by atoms with Gasteiger partial charge in [0.2, 0.25) is 5.95 Å².